The van der Waals surface area contributed by atoms with Gasteiger partial charge in [-0.05, 0) is 67.6 Å². The van der Waals surface area contributed by atoms with Crippen LogP contribution >= 0.6 is 11.6 Å². The van der Waals surface area contributed by atoms with Gasteiger partial charge in [0.25, 0.3) is 5.91 Å². The predicted molar refractivity (Wildman–Crippen MR) is 142 cm³/mol. The molecule has 2 N–H and O–H groups in total. The highest BCUT2D eigenvalue weighted by Crippen LogP contribution is 2.39. The lowest BCUT2D eigenvalue weighted by molar-refractivity contribution is -0.127. The van der Waals surface area contributed by atoms with Gasteiger partial charge in [0.2, 0.25) is 5.91 Å². The van der Waals surface area contributed by atoms with Crippen LogP contribution in [0.4, 0.5) is 4.79 Å². The number of H-pyrrole nitrogens is 1. The average molecular weight is 523 g/mol. The van der Waals surface area contributed by atoms with Crippen LogP contribution in [0, 0.1) is 0 Å². The van der Waals surface area contributed by atoms with Crippen LogP contribution in [0.15, 0.2) is 42.5 Å². The van der Waals surface area contributed by atoms with Crippen molar-refractivity contribution in [2.24, 2.45) is 0 Å². The van der Waals surface area contributed by atoms with Crippen molar-refractivity contribution in [1.29, 1.82) is 0 Å². The SMILES string of the molecule is CCOC(=O)N1CCc2c([nH]c3ccc(Cl)cc23)C1c1ccc(C(=O)NCCCN2CCCC2=O)cc1. The summed E-state index contributed by atoms with van der Waals surface area (Å²) < 4.78 is 5.37. The molecule has 0 saturated carbocycles. The van der Waals surface area contributed by atoms with Crippen molar-refractivity contribution in [3.05, 3.63) is 69.9 Å². The van der Waals surface area contributed by atoms with Crippen molar-refractivity contribution in [3.8, 4) is 0 Å². The molecule has 1 atom stereocenters. The van der Waals surface area contributed by atoms with Crippen LogP contribution < -0.4 is 5.32 Å². The first kappa shape index (κ1) is 25.1. The second-order valence-electron chi connectivity index (χ2n) is 9.47. The summed E-state index contributed by atoms with van der Waals surface area (Å²) >= 11 is 6.27. The number of carbonyl (C=O) groups excluding carboxylic acids is 3. The first-order valence-corrected chi connectivity index (χ1v) is 13.2. The molecule has 37 heavy (non-hydrogen) atoms. The summed E-state index contributed by atoms with van der Waals surface area (Å²) in [6, 6.07) is 12.7. The molecule has 2 aliphatic rings. The number of likely N-dealkylation sites (tertiary alicyclic amines) is 1. The Hall–Kier alpha value is -3.52. The lowest BCUT2D eigenvalue weighted by Crippen LogP contribution is -2.41. The standard InChI is InChI=1S/C28H31ClN4O4/c1-2-37-28(36)33-16-12-21-22-17-20(29)10-11-23(22)31-25(21)26(33)18-6-8-19(9-7-18)27(35)30-13-4-15-32-14-3-5-24(32)34/h6-11,17,26,31H,2-5,12-16H2,1H3,(H,30,35). The monoisotopic (exact) mass is 522 g/mol. The van der Waals surface area contributed by atoms with E-state index in [1.807, 2.05) is 35.2 Å². The van der Waals surface area contributed by atoms with Crippen molar-refractivity contribution in [2.45, 2.75) is 38.6 Å². The summed E-state index contributed by atoms with van der Waals surface area (Å²) in [7, 11) is 0. The Kier molecular flexibility index (Phi) is 7.37. The molecule has 3 heterocycles. The molecule has 194 valence electrons. The fraction of sp³-hybridized carbons (Fsp3) is 0.393. The molecule has 2 aromatic carbocycles. The molecule has 9 heteroatoms. The maximum atomic E-state index is 12.9. The Morgan fingerprint density at radius 2 is 1.95 bits per heavy atom. The minimum absolute atomic E-state index is 0.161. The van der Waals surface area contributed by atoms with Crippen molar-refractivity contribution in [2.75, 3.05) is 32.8 Å². The molecule has 1 saturated heterocycles. The number of amides is 3. The van der Waals surface area contributed by atoms with Crippen molar-refractivity contribution < 1.29 is 19.1 Å². The number of ether oxygens (including phenoxy) is 1. The molecule has 2 aliphatic heterocycles. The molecule has 0 radical (unpaired) electrons. The van der Waals surface area contributed by atoms with Gasteiger partial charge < -0.3 is 19.9 Å². The number of fused-ring (bicyclic) bond motifs is 3. The highest BCUT2D eigenvalue weighted by atomic mass is 35.5. The van der Waals surface area contributed by atoms with E-state index in [0.717, 1.165) is 47.1 Å². The van der Waals surface area contributed by atoms with Gasteiger partial charge in [-0.25, -0.2) is 4.79 Å². The van der Waals surface area contributed by atoms with Crippen LogP contribution in [0.3, 0.4) is 0 Å². The van der Waals surface area contributed by atoms with E-state index in [4.69, 9.17) is 16.3 Å². The van der Waals surface area contributed by atoms with Gasteiger partial charge in [-0.3, -0.25) is 14.5 Å². The number of aromatic nitrogens is 1. The zero-order chi connectivity index (χ0) is 25.9. The molecule has 1 aromatic heterocycles. The molecule has 5 rings (SSSR count). The highest BCUT2D eigenvalue weighted by Gasteiger charge is 2.35. The third kappa shape index (κ3) is 5.16. The number of hydrogen-bond acceptors (Lipinski definition) is 4. The van der Waals surface area contributed by atoms with Gasteiger partial charge in [0.1, 0.15) is 6.04 Å². The first-order valence-electron chi connectivity index (χ1n) is 12.9. The molecule has 0 spiro atoms. The van der Waals surface area contributed by atoms with E-state index in [1.54, 1.807) is 24.0 Å². The fourth-order valence-corrected chi connectivity index (χ4v) is 5.51. The third-order valence-corrected chi connectivity index (χ3v) is 7.38. The fourth-order valence-electron chi connectivity index (χ4n) is 5.34. The second-order valence-corrected chi connectivity index (χ2v) is 9.90. The van der Waals surface area contributed by atoms with Crippen LogP contribution in [0.1, 0.15) is 59.4 Å². The van der Waals surface area contributed by atoms with E-state index in [1.165, 1.54) is 0 Å². The average Bonchev–Trinajstić information content (AvgIpc) is 3.48. The number of carbonyl (C=O) groups is 3. The Labute approximate surface area is 220 Å². The summed E-state index contributed by atoms with van der Waals surface area (Å²) in [6.45, 7) is 4.58. The van der Waals surface area contributed by atoms with E-state index in [2.05, 4.69) is 10.3 Å². The Balaban J connectivity index is 1.34. The predicted octanol–water partition coefficient (Wildman–Crippen LogP) is 4.67. The lowest BCUT2D eigenvalue weighted by Gasteiger charge is -2.35. The van der Waals surface area contributed by atoms with Gasteiger partial charge in [0, 0.05) is 59.8 Å². The number of aromatic amines is 1. The molecule has 1 unspecified atom stereocenters. The molecule has 8 nitrogen and oxygen atoms in total. The van der Waals surface area contributed by atoms with Crippen LogP contribution in [-0.2, 0) is 16.0 Å². The number of halogens is 1. The van der Waals surface area contributed by atoms with Crippen LogP contribution in [0.25, 0.3) is 10.9 Å². The van der Waals surface area contributed by atoms with Crippen molar-refractivity contribution in [1.82, 2.24) is 20.1 Å². The highest BCUT2D eigenvalue weighted by molar-refractivity contribution is 6.31. The lowest BCUT2D eigenvalue weighted by atomic mass is 9.92. The van der Waals surface area contributed by atoms with Gasteiger partial charge >= 0.3 is 6.09 Å². The molecule has 0 bridgehead atoms. The maximum Gasteiger partial charge on any atom is 0.410 e. The largest absolute Gasteiger partial charge is 0.450 e. The first-order chi connectivity index (χ1) is 18.0. The molecule has 3 aromatic rings. The number of rotatable bonds is 7. The Morgan fingerprint density at radius 3 is 2.68 bits per heavy atom. The molecular weight excluding hydrogens is 492 g/mol. The number of nitrogens with zero attached hydrogens (tertiary/aromatic N) is 2. The minimum atomic E-state index is -0.371. The molecular formula is C28H31ClN4O4. The van der Waals surface area contributed by atoms with E-state index in [9.17, 15) is 14.4 Å². The maximum absolute atomic E-state index is 12.9. The van der Waals surface area contributed by atoms with Crippen LogP contribution in [-0.4, -0.2) is 65.5 Å². The molecule has 1 fully saturated rings. The van der Waals surface area contributed by atoms with Gasteiger partial charge in [-0.15, -0.1) is 0 Å². The Morgan fingerprint density at radius 1 is 1.14 bits per heavy atom. The normalized spacial score (nSPS) is 17.2. The molecule has 3 amide bonds. The molecule has 0 aliphatic carbocycles. The van der Waals surface area contributed by atoms with E-state index in [-0.39, 0.29) is 23.9 Å². The van der Waals surface area contributed by atoms with Crippen LogP contribution in [0.5, 0.6) is 0 Å². The van der Waals surface area contributed by atoms with Gasteiger partial charge in [0.15, 0.2) is 0 Å². The number of nitrogens with one attached hydrogen (secondary N) is 2. The smallest absolute Gasteiger partial charge is 0.410 e. The summed E-state index contributed by atoms with van der Waals surface area (Å²) in [6.07, 6.45) is 2.59. The van der Waals surface area contributed by atoms with Crippen molar-refractivity contribution in [3.63, 3.8) is 0 Å². The van der Waals surface area contributed by atoms with E-state index in [0.29, 0.717) is 49.7 Å². The van der Waals surface area contributed by atoms with Gasteiger partial charge in [0.05, 0.1) is 6.61 Å². The summed E-state index contributed by atoms with van der Waals surface area (Å²) in [4.78, 5) is 44.4. The quantitative estimate of drug-likeness (QED) is 0.441. The summed E-state index contributed by atoms with van der Waals surface area (Å²) in [5, 5.41) is 4.66. The minimum Gasteiger partial charge on any atom is -0.450 e. The van der Waals surface area contributed by atoms with Crippen molar-refractivity contribution >= 4 is 40.4 Å². The summed E-state index contributed by atoms with van der Waals surface area (Å²) in [5.74, 6) is 0.0360. The van der Waals surface area contributed by atoms with E-state index < -0.39 is 0 Å². The summed E-state index contributed by atoms with van der Waals surface area (Å²) in [5.41, 5.74) is 4.47. The van der Waals surface area contributed by atoms with E-state index >= 15 is 0 Å². The number of hydrogen-bond donors (Lipinski definition) is 2. The third-order valence-electron chi connectivity index (χ3n) is 7.14. The number of benzene rings is 2. The van der Waals surface area contributed by atoms with Gasteiger partial charge in [-0.2, -0.15) is 0 Å². The topological polar surface area (TPSA) is 94.7 Å². The second kappa shape index (κ2) is 10.8. The zero-order valence-electron chi connectivity index (χ0n) is 20.9. The van der Waals surface area contributed by atoms with Gasteiger partial charge in [-0.1, -0.05) is 23.7 Å². The Bertz CT molecular complexity index is 1320. The zero-order valence-corrected chi connectivity index (χ0v) is 21.6. The van der Waals surface area contributed by atoms with Crippen LogP contribution in [0.2, 0.25) is 5.02 Å².